The second kappa shape index (κ2) is 11.2. The number of amides is 3. The van der Waals surface area contributed by atoms with Crippen LogP contribution in [0.1, 0.15) is 40.0 Å². The molecule has 0 saturated carbocycles. The highest BCUT2D eigenvalue weighted by Crippen LogP contribution is 2.65. The van der Waals surface area contributed by atoms with Gasteiger partial charge in [-0.3, -0.25) is 14.4 Å². The summed E-state index contributed by atoms with van der Waals surface area (Å²) in [6.45, 7) is 6.63. The number of aliphatic hydroxyl groups excluding tert-OH is 1. The molecule has 12 nitrogen and oxygen atoms in total. The maximum Gasteiger partial charge on any atom is 0.247 e. The number of aromatic nitrogens is 3. The number of carbonyl (C=O) groups is 3. The van der Waals surface area contributed by atoms with Crippen molar-refractivity contribution in [2.75, 3.05) is 25.1 Å². The zero-order valence-corrected chi connectivity index (χ0v) is 24.7. The summed E-state index contributed by atoms with van der Waals surface area (Å²) in [5.41, 5.74) is -0.0433. The molecule has 1 aromatic heterocycles. The van der Waals surface area contributed by atoms with Crippen molar-refractivity contribution in [3.63, 3.8) is 0 Å². The number of rotatable bonds is 11. The zero-order chi connectivity index (χ0) is 30.4. The fourth-order valence-electron chi connectivity index (χ4n) is 7.38. The lowest BCUT2D eigenvalue weighted by molar-refractivity contribution is -0.146. The Balaban J connectivity index is 1.29. The van der Waals surface area contributed by atoms with Gasteiger partial charge in [0.25, 0.3) is 0 Å². The molecule has 0 aliphatic carbocycles. The van der Waals surface area contributed by atoms with Gasteiger partial charge in [-0.05, 0) is 75.4 Å². The molecule has 3 saturated heterocycles. The first kappa shape index (κ1) is 29.1. The fourth-order valence-corrected chi connectivity index (χ4v) is 7.38. The number of nitrogens with zero attached hydrogens (tertiary/aromatic N) is 4. The highest BCUT2D eigenvalue weighted by Gasteiger charge is 2.79. The topological polar surface area (TPSA) is 148 Å². The Morgan fingerprint density at radius 2 is 1.91 bits per heavy atom. The number of fused-ring (bicyclic) bond motifs is 2. The number of aliphatic hydroxyl groups is 1. The normalized spacial score (nSPS) is 29.2. The molecule has 2 bridgehead atoms. The SMILES string of the molecule is CCOc1ccc(NC(=O)[C@H]2[C@H]3C(=O)N(CCCCO)C(C(=O)NCn4nnc5ccccc54)C34CC(C)[C@]2(C)O4)cc1. The molecular formula is C31H38N6O6. The highest BCUT2D eigenvalue weighted by atomic mass is 16.5. The second-order valence-electron chi connectivity index (χ2n) is 11.9. The molecule has 3 unspecified atom stereocenters. The summed E-state index contributed by atoms with van der Waals surface area (Å²) in [4.78, 5) is 43.8. The van der Waals surface area contributed by atoms with Crippen LogP contribution in [-0.2, 0) is 25.8 Å². The Morgan fingerprint density at radius 1 is 1.14 bits per heavy atom. The number of hydrogen-bond donors (Lipinski definition) is 3. The number of nitrogens with one attached hydrogen (secondary N) is 2. The molecule has 1 spiro atoms. The van der Waals surface area contributed by atoms with E-state index in [1.165, 1.54) is 0 Å². The van der Waals surface area contributed by atoms with Gasteiger partial charge in [0.1, 0.15) is 29.6 Å². The van der Waals surface area contributed by atoms with E-state index in [1.807, 2.05) is 45.0 Å². The number of ether oxygens (including phenoxy) is 2. The van der Waals surface area contributed by atoms with Gasteiger partial charge in [-0.15, -0.1) is 5.10 Å². The third kappa shape index (κ3) is 4.72. The van der Waals surface area contributed by atoms with Crippen molar-refractivity contribution in [3.8, 4) is 5.75 Å². The molecule has 3 aliphatic heterocycles. The number of para-hydroxylation sites is 1. The summed E-state index contributed by atoms with van der Waals surface area (Å²) >= 11 is 0. The van der Waals surface area contributed by atoms with Crippen LogP contribution in [0.2, 0.25) is 0 Å². The van der Waals surface area contributed by atoms with Crippen LogP contribution in [0.25, 0.3) is 11.0 Å². The molecule has 6 rings (SSSR count). The predicted molar refractivity (Wildman–Crippen MR) is 157 cm³/mol. The lowest BCUT2D eigenvalue weighted by Gasteiger charge is -2.36. The Bertz CT molecular complexity index is 1530. The van der Waals surface area contributed by atoms with Crippen LogP contribution in [0.4, 0.5) is 5.69 Å². The van der Waals surface area contributed by atoms with Crippen molar-refractivity contribution >= 4 is 34.4 Å². The Kier molecular flexibility index (Phi) is 7.59. The first-order valence-electron chi connectivity index (χ1n) is 14.9. The molecule has 3 N–H and O–H groups in total. The van der Waals surface area contributed by atoms with E-state index in [4.69, 9.17) is 9.47 Å². The van der Waals surface area contributed by atoms with E-state index in [-0.39, 0.29) is 43.5 Å². The van der Waals surface area contributed by atoms with E-state index in [0.717, 1.165) is 5.52 Å². The first-order valence-corrected chi connectivity index (χ1v) is 14.9. The number of anilines is 1. The van der Waals surface area contributed by atoms with Crippen LogP contribution in [0.15, 0.2) is 48.5 Å². The number of unbranched alkanes of at least 4 members (excludes halogenated alkanes) is 1. The number of hydrogen-bond acceptors (Lipinski definition) is 8. The number of likely N-dealkylation sites (tertiary alicyclic amines) is 1. The van der Waals surface area contributed by atoms with E-state index in [0.29, 0.717) is 42.8 Å². The number of carbonyl (C=O) groups excluding carboxylic acids is 3. The summed E-state index contributed by atoms with van der Waals surface area (Å²) in [6.07, 6.45) is 1.46. The van der Waals surface area contributed by atoms with Gasteiger partial charge in [0.15, 0.2) is 0 Å². The Labute approximate surface area is 249 Å². The summed E-state index contributed by atoms with van der Waals surface area (Å²) < 4.78 is 13.9. The maximum absolute atomic E-state index is 14.2. The number of benzene rings is 2. The van der Waals surface area contributed by atoms with Gasteiger partial charge in [0.05, 0.1) is 29.6 Å². The van der Waals surface area contributed by atoms with E-state index in [2.05, 4.69) is 20.9 Å². The summed E-state index contributed by atoms with van der Waals surface area (Å²) in [5, 5.41) is 23.7. The Hall–Kier alpha value is -4.03. The molecule has 6 atom stereocenters. The monoisotopic (exact) mass is 590 g/mol. The highest BCUT2D eigenvalue weighted by molar-refractivity contribution is 6.02. The largest absolute Gasteiger partial charge is 0.494 e. The van der Waals surface area contributed by atoms with Gasteiger partial charge in [0, 0.05) is 18.8 Å². The first-order chi connectivity index (χ1) is 20.7. The summed E-state index contributed by atoms with van der Waals surface area (Å²) in [6, 6.07) is 13.6. The molecule has 3 amide bonds. The van der Waals surface area contributed by atoms with E-state index < -0.39 is 29.1 Å². The molecule has 12 heteroatoms. The average Bonchev–Trinajstić information content (AvgIpc) is 3.66. The van der Waals surface area contributed by atoms with Gasteiger partial charge in [-0.25, -0.2) is 4.68 Å². The lowest BCUT2D eigenvalue weighted by Crippen LogP contribution is -2.56. The van der Waals surface area contributed by atoms with E-state index in [9.17, 15) is 19.5 Å². The molecule has 3 fully saturated rings. The van der Waals surface area contributed by atoms with Gasteiger partial charge >= 0.3 is 0 Å². The van der Waals surface area contributed by atoms with Crippen LogP contribution in [-0.4, -0.2) is 79.7 Å². The molecule has 43 heavy (non-hydrogen) atoms. The molecule has 0 radical (unpaired) electrons. The predicted octanol–water partition coefficient (Wildman–Crippen LogP) is 2.33. The van der Waals surface area contributed by atoms with E-state index in [1.54, 1.807) is 33.8 Å². The van der Waals surface area contributed by atoms with Crippen LogP contribution in [0.3, 0.4) is 0 Å². The van der Waals surface area contributed by atoms with E-state index >= 15 is 0 Å². The molecule has 228 valence electrons. The second-order valence-corrected chi connectivity index (χ2v) is 11.9. The minimum atomic E-state index is -1.17. The van der Waals surface area contributed by atoms with Crippen molar-refractivity contribution in [1.82, 2.24) is 25.2 Å². The third-order valence-electron chi connectivity index (χ3n) is 9.41. The quantitative estimate of drug-likeness (QED) is 0.288. The third-order valence-corrected chi connectivity index (χ3v) is 9.41. The van der Waals surface area contributed by atoms with Crippen molar-refractivity contribution < 1.29 is 29.0 Å². The van der Waals surface area contributed by atoms with Gasteiger partial charge in [-0.1, -0.05) is 24.3 Å². The molecule has 3 aliphatic rings. The molecular weight excluding hydrogens is 552 g/mol. The fraction of sp³-hybridized carbons (Fsp3) is 0.516. The van der Waals surface area contributed by atoms with Crippen LogP contribution in [0, 0.1) is 17.8 Å². The van der Waals surface area contributed by atoms with Crippen molar-refractivity contribution in [2.24, 2.45) is 17.8 Å². The van der Waals surface area contributed by atoms with Gasteiger partial charge in [0.2, 0.25) is 17.7 Å². The van der Waals surface area contributed by atoms with Gasteiger partial charge in [-0.2, -0.15) is 0 Å². The molecule has 4 heterocycles. The summed E-state index contributed by atoms with van der Waals surface area (Å²) in [7, 11) is 0. The maximum atomic E-state index is 14.2. The van der Waals surface area contributed by atoms with Gasteiger partial charge < -0.3 is 30.1 Å². The van der Waals surface area contributed by atoms with Crippen LogP contribution in [0.5, 0.6) is 5.75 Å². The van der Waals surface area contributed by atoms with Crippen molar-refractivity contribution in [1.29, 1.82) is 0 Å². The lowest BCUT2D eigenvalue weighted by atomic mass is 9.62. The van der Waals surface area contributed by atoms with Crippen molar-refractivity contribution in [2.45, 2.75) is 63.9 Å². The summed E-state index contributed by atoms with van der Waals surface area (Å²) in [5.74, 6) is -1.97. The minimum Gasteiger partial charge on any atom is -0.494 e. The standard InChI is InChI=1S/C31H38N6O6/c1-4-42-21-13-11-20(12-14-21)33-27(39)24-25-29(41)36(15-7-8-16-38)26(31(25)17-19(2)30(24,3)43-31)28(40)32-18-37-23-10-6-5-9-22(23)34-35-37/h5-6,9-14,19,24-26,38H,4,7-8,15-18H2,1-3H3,(H,32,40)(H,33,39)/t19?,24-,25+,26?,30+,31?/m1/s1. The molecule has 3 aromatic rings. The Morgan fingerprint density at radius 3 is 2.65 bits per heavy atom. The van der Waals surface area contributed by atoms with Crippen LogP contribution < -0.4 is 15.4 Å². The van der Waals surface area contributed by atoms with Crippen molar-refractivity contribution in [3.05, 3.63) is 48.5 Å². The zero-order valence-electron chi connectivity index (χ0n) is 24.7. The molecule has 2 aromatic carbocycles. The van der Waals surface area contributed by atoms with Crippen LogP contribution >= 0.6 is 0 Å². The smallest absolute Gasteiger partial charge is 0.247 e. The minimum absolute atomic E-state index is 0.0223. The average molecular weight is 591 g/mol.